The van der Waals surface area contributed by atoms with Crippen molar-refractivity contribution in [2.24, 2.45) is 10.9 Å². The molecule has 0 radical (unpaired) electrons. The van der Waals surface area contributed by atoms with Crippen LogP contribution in [0, 0.1) is 5.92 Å². The third-order valence-electron chi connectivity index (χ3n) is 4.48. The number of aliphatic imine (C=N–C) groups is 1. The van der Waals surface area contributed by atoms with E-state index in [0.29, 0.717) is 27.6 Å². The van der Waals surface area contributed by atoms with Gasteiger partial charge in [-0.2, -0.15) is 0 Å². The molecule has 0 aromatic carbocycles. The van der Waals surface area contributed by atoms with Crippen molar-refractivity contribution in [2.75, 3.05) is 32.7 Å². The van der Waals surface area contributed by atoms with E-state index in [2.05, 4.69) is 15.0 Å². The maximum Gasteiger partial charge on any atom is 0.281 e. The monoisotopic (exact) mass is 453 g/mol. The van der Waals surface area contributed by atoms with Gasteiger partial charge < -0.3 is 4.90 Å². The van der Waals surface area contributed by atoms with Gasteiger partial charge in [0.05, 0.1) is 16.6 Å². The number of anilines is 1. The minimum atomic E-state index is -3.48. The standard InChI is InChI=1S/C21H26F3N5OS/c1-6-7-15(9-8-14(2)21(23,24)11-22)29(13-25-3)20(30)17-10-16-18(28(4)5)26-12-27-19(16)31-17/h7-10,12-14H,6,11H2,1-5H3/b9-8-,15-7+,25-13?. The summed E-state index contributed by atoms with van der Waals surface area (Å²) < 4.78 is 39.8. The topological polar surface area (TPSA) is 61.7 Å². The van der Waals surface area contributed by atoms with Crippen LogP contribution < -0.4 is 4.90 Å². The average molecular weight is 454 g/mol. The molecule has 1 amide bonds. The third-order valence-corrected chi connectivity index (χ3v) is 5.52. The van der Waals surface area contributed by atoms with Crippen LogP contribution in [0.3, 0.4) is 0 Å². The van der Waals surface area contributed by atoms with E-state index in [1.165, 1.54) is 55.0 Å². The first-order valence-corrected chi connectivity index (χ1v) is 10.5. The third kappa shape index (κ3) is 5.69. The lowest BCUT2D eigenvalue weighted by Crippen LogP contribution is -2.29. The van der Waals surface area contributed by atoms with Gasteiger partial charge in [0.25, 0.3) is 11.8 Å². The lowest BCUT2D eigenvalue weighted by atomic mass is 10.0. The molecule has 168 valence electrons. The van der Waals surface area contributed by atoms with Crippen LogP contribution in [0.25, 0.3) is 10.2 Å². The Bertz CT molecular complexity index is 1000. The van der Waals surface area contributed by atoms with Gasteiger partial charge in [0.1, 0.15) is 17.0 Å². The number of rotatable bonds is 9. The predicted octanol–water partition coefficient (Wildman–Crippen LogP) is 4.95. The van der Waals surface area contributed by atoms with Gasteiger partial charge in [0, 0.05) is 32.8 Å². The van der Waals surface area contributed by atoms with Gasteiger partial charge in [-0.15, -0.1) is 11.3 Å². The van der Waals surface area contributed by atoms with Crippen molar-refractivity contribution in [3.63, 3.8) is 0 Å². The molecule has 1 atom stereocenters. The molecule has 2 aromatic rings. The molecular weight excluding hydrogens is 427 g/mol. The largest absolute Gasteiger partial charge is 0.362 e. The summed E-state index contributed by atoms with van der Waals surface area (Å²) in [7, 11) is 5.20. The summed E-state index contributed by atoms with van der Waals surface area (Å²) in [6, 6.07) is 1.71. The zero-order chi connectivity index (χ0) is 23.2. The van der Waals surface area contributed by atoms with Crippen LogP contribution >= 0.6 is 11.3 Å². The molecule has 1 unspecified atom stereocenters. The quantitative estimate of drug-likeness (QED) is 0.306. The molecule has 2 aromatic heterocycles. The van der Waals surface area contributed by atoms with Gasteiger partial charge in [0.2, 0.25) is 0 Å². The maximum atomic E-state index is 13.6. The van der Waals surface area contributed by atoms with Crippen LogP contribution in [-0.2, 0) is 0 Å². The van der Waals surface area contributed by atoms with Gasteiger partial charge in [0.15, 0.2) is 6.67 Å². The van der Waals surface area contributed by atoms with Crippen molar-refractivity contribution in [1.82, 2.24) is 14.9 Å². The van der Waals surface area contributed by atoms with Crippen LogP contribution in [0.15, 0.2) is 41.3 Å². The summed E-state index contributed by atoms with van der Waals surface area (Å²) in [5, 5.41) is 0.738. The fourth-order valence-corrected chi connectivity index (χ4v) is 3.67. The number of thiophene rings is 1. The summed E-state index contributed by atoms with van der Waals surface area (Å²) in [4.78, 5) is 29.9. The van der Waals surface area contributed by atoms with Gasteiger partial charge in [-0.25, -0.2) is 23.1 Å². The zero-order valence-corrected chi connectivity index (χ0v) is 19.0. The van der Waals surface area contributed by atoms with E-state index in [0.717, 1.165) is 5.39 Å². The van der Waals surface area contributed by atoms with Gasteiger partial charge in [-0.3, -0.25) is 14.7 Å². The molecular formula is C21H26F3N5OS. The van der Waals surface area contributed by atoms with E-state index >= 15 is 0 Å². The fraction of sp³-hybridized carbons (Fsp3) is 0.429. The van der Waals surface area contributed by atoms with E-state index in [4.69, 9.17) is 0 Å². The van der Waals surface area contributed by atoms with E-state index in [1.807, 2.05) is 25.9 Å². The smallest absolute Gasteiger partial charge is 0.281 e. The first-order chi connectivity index (χ1) is 14.7. The number of alkyl halides is 3. The number of fused-ring (bicyclic) bond motifs is 1. The molecule has 0 aliphatic carbocycles. The van der Waals surface area contributed by atoms with E-state index in [-0.39, 0.29) is 5.91 Å². The number of carbonyl (C=O) groups excluding carboxylic acids is 1. The Morgan fingerprint density at radius 1 is 1.35 bits per heavy atom. The number of amides is 1. The van der Waals surface area contributed by atoms with Crippen LogP contribution in [-0.4, -0.2) is 60.9 Å². The first kappa shape index (κ1) is 24.5. The lowest BCUT2D eigenvalue weighted by molar-refractivity contribution is -0.0542. The van der Waals surface area contributed by atoms with Crippen molar-refractivity contribution in [3.05, 3.63) is 41.2 Å². The summed E-state index contributed by atoms with van der Waals surface area (Å²) in [5.74, 6) is -4.51. The van der Waals surface area contributed by atoms with Crippen molar-refractivity contribution in [1.29, 1.82) is 0 Å². The maximum absolute atomic E-state index is 13.6. The fourth-order valence-electron chi connectivity index (χ4n) is 2.74. The number of hydrogen-bond acceptors (Lipinski definition) is 6. The SMILES string of the molecule is CC/C=C(\C=C/C(C)C(F)(F)CF)N(C=NC)C(=O)c1cc2c(N(C)C)ncnc2s1. The molecule has 0 saturated heterocycles. The molecule has 10 heteroatoms. The van der Waals surface area contributed by atoms with E-state index < -0.39 is 18.5 Å². The van der Waals surface area contributed by atoms with Gasteiger partial charge in [-0.05, 0) is 18.6 Å². The highest BCUT2D eigenvalue weighted by molar-refractivity contribution is 7.20. The molecule has 0 fully saturated rings. The van der Waals surface area contributed by atoms with Crippen LogP contribution in [0.4, 0.5) is 19.0 Å². The second kappa shape index (κ2) is 10.5. The van der Waals surface area contributed by atoms with Crippen molar-refractivity contribution >= 4 is 39.6 Å². The second-order valence-corrected chi connectivity index (χ2v) is 8.08. The van der Waals surface area contributed by atoms with Gasteiger partial charge >= 0.3 is 0 Å². The molecule has 0 bridgehead atoms. The number of aromatic nitrogens is 2. The summed E-state index contributed by atoms with van der Waals surface area (Å²) in [5.41, 5.74) is 0.371. The predicted molar refractivity (Wildman–Crippen MR) is 120 cm³/mol. The number of allylic oxidation sites excluding steroid dienone is 3. The van der Waals surface area contributed by atoms with E-state index in [1.54, 1.807) is 12.1 Å². The molecule has 6 nitrogen and oxygen atoms in total. The van der Waals surface area contributed by atoms with Crippen LogP contribution in [0.1, 0.15) is 29.9 Å². The number of halogens is 3. The Morgan fingerprint density at radius 2 is 2.06 bits per heavy atom. The molecule has 0 spiro atoms. The Morgan fingerprint density at radius 3 is 2.65 bits per heavy atom. The van der Waals surface area contributed by atoms with Crippen LogP contribution in [0.2, 0.25) is 0 Å². The number of hydrogen-bond donors (Lipinski definition) is 0. The highest BCUT2D eigenvalue weighted by atomic mass is 32.1. The van der Waals surface area contributed by atoms with E-state index in [9.17, 15) is 18.0 Å². The van der Waals surface area contributed by atoms with Gasteiger partial charge in [-0.1, -0.05) is 26.0 Å². The molecule has 0 aliphatic heterocycles. The normalized spacial score (nSPS) is 14.0. The number of carbonyl (C=O) groups is 1. The van der Waals surface area contributed by atoms with Crippen molar-refractivity contribution in [3.8, 4) is 0 Å². The lowest BCUT2D eigenvalue weighted by Gasteiger charge is -2.20. The Balaban J connectivity index is 2.45. The minimum Gasteiger partial charge on any atom is -0.362 e. The average Bonchev–Trinajstić information content (AvgIpc) is 3.18. The molecule has 2 heterocycles. The number of nitrogens with zero attached hydrogens (tertiary/aromatic N) is 5. The molecule has 0 aliphatic rings. The van der Waals surface area contributed by atoms with Crippen LogP contribution in [0.5, 0.6) is 0 Å². The summed E-state index contributed by atoms with van der Waals surface area (Å²) in [6.07, 6.45) is 7.63. The summed E-state index contributed by atoms with van der Waals surface area (Å²) >= 11 is 1.21. The Hall–Kier alpha value is -2.75. The minimum absolute atomic E-state index is 0.371. The Kier molecular flexibility index (Phi) is 8.32. The molecule has 2 rings (SSSR count). The molecule has 0 saturated carbocycles. The molecule has 31 heavy (non-hydrogen) atoms. The first-order valence-electron chi connectivity index (χ1n) is 9.66. The highest BCUT2D eigenvalue weighted by Gasteiger charge is 2.34. The Labute approximate surface area is 183 Å². The van der Waals surface area contributed by atoms with Crippen molar-refractivity contribution < 1.29 is 18.0 Å². The van der Waals surface area contributed by atoms with Crippen molar-refractivity contribution in [2.45, 2.75) is 26.2 Å². The second-order valence-electron chi connectivity index (χ2n) is 7.05. The highest BCUT2D eigenvalue weighted by Crippen LogP contribution is 2.31. The molecule has 0 N–H and O–H groups in total. The summed E-state index contributed by atoms with van der Waals surface area (Å²) in [6.45, 7) is 1.34. The zero-order valence-electron chi connectivity index (χ0n) is 18.1.